The van der Waals surface area contributed by atoms with Crippen LogP contribution in [0.5, 0.6) is 12.0 Å². The second-order valence-electron chi connectivity index (χ2n) is 18.5. The van der Waals surface area contributed by atoms with Crippen LogP contribution >= 0.6 is 23.5 Å². The minimum Gasteiger partial charge on any atom is -0.465 e. The lowest BCUT2D eigenvalue weighted by Gasteiger charge is -2.20. The standard InChI is InChI=1S/C56H64F2N6O6S2/c1-9-45-47-29-59-51(65)49(25-33(5)6)71-53(67)41-19-15-14-18-40(41)36-22-24-38(44(58)28-36)32-64-48(46(10-2)62-56(64)70-12-4)30-60-52(66)50(26-34(7)8)72-54(68)42-20-16-13-17-39(42)35-21-23-37(43(57)27-35)31-63(47)55(61-45)69-11-3/h13-24,27-28,33-34,49-50H,9-12,25-26,29-32H2,1-8H3,(H,59,65)(H,60,66)/t49-,50-/m0/s1. The molecule has 16 heteroatoms. The molecule has 0 unspecified atom stereocenters. The molecule has 12 nitrogen and oxygen atoms in total. The highest BCUT2D eigenvalue weighted by molar-refractivity contribution is 8.15. The molecule has 0 aliphatic carbocycles. The number of aryl methyl sites for hydroxylation is 2. The van der Waals surface area contributed by atoms with E-state index in [4.69, 9.17) is 19.4 Å². The normalized spacial score (nSPS) is 16.2. The summed E-state index contributed by atoms with van der Waals surface area (Å²) in [4.78, 5) is 66.7. The van der Waals surface area contributed by atoms with Crippen LogP contribution in [0.4, 0.5) is 8.78 Å². The third kappa shape index (κ3) is 12.5. The van der Waals surface area contributed by atoms with Crippen molar-refractivity contribution in [1.29, 1.82) is 0 Å². The van der Waals surface area contributed by atoms with Crippen LogP contribution in [0.2, 0.25) is 0 Å². The summed E-state index contributed by atoms with van der Waals surface area (Å²) in [6.07, 6.45) is 1.79. The quantitative estimate of drug-likeness (QED) is 0.136. The number of aromatic nitrogens is 4. The van der Waals surface area contributed by atoms with E-state index >= 15 is 8.78 Å². The zero-order valence-electron chi connectivity index (χ0n) is 42.3. The van der Waals surface area contributed by atoms with Gasteiger partial charge >= 0.3 is 0 Å². The van der Waals surface area contributed by atoms with Crippen molar-refractivity contribution >= 4 is 45.6 Å². The van der Waals surface area contributed by atoms with Gasteiger partial charge in [0.15, 0.2) is 0 Å². The number of carbonyl (C=O) groups excluding carboxylic acids is 4. The number of ether oxygens (including phenoxy) is 2. The molecule has 0 spiro atoms. The van der Waals surface area contributed by atoms with Crippen LogP contribution < -0.4 is 20.1 Å². The van der Waals surface area contributed by atoms with Crippen LogP contribution in [0, 0.1) is 23.5 Å². The molecule has 2 amide bonds. The summed E-state index contributed by atoms with van der Waals surface area (Å²) in [5.41, 5.74) is 5.87. The fraction of sp³-hybridized carbons (Fsp3) is 0.393. The van der Waals surface area contributed by atoms with E-state index in [1.807, 2.05) is 55.4 Å². The summed E-state index contributed by atoms with van der Waals surface area (Å²) in [5, 5.41) is 3.90. The van der Waals surface area contributed by atoms with Crippen LogP contribution in [0.1, 0.15) is 123 Å². The number of nitrogens with one attached hydrogen (secondary N) is 2. The molecule has 72 heavy (non-hydrogen) atoms. The summed E-state index contributed by atoms with van der Waals surface area (Å²) >= 11 is 1.86. The lowest BCUT2D eigenvalue weighted by molar-refractivity contribution is -0.121. The SMILES string of the molecule is CCOc1nc(CC)c2n1Cc1ccc(cc1F)-c1ccccc1C(=O)S[C@@H](CC(C)C)C(=O)NCc1c(CC)nc(OCC)n1Cc1ccc(cc1F)-c1ccccc1C(=O)S[C@@H](CC(C)C)C(=O)NC2. The molecular weight excluding hydrogens is 955 g/mol. The molecule has 4 aliphatic rings. The number of benzene rings is 4. The molecule has 10 rings (SSSR count). The Labute approximate surface area is 429 Å². The number of imidazole rings is 2. The first-order valence-corrected chi connectivity index (χ1v) is 26.5. The van der Waals surface area contributed by atoms with Crippen molar-refractivity contribution in [2.45, 2.75) is 118 Å². The maximum Gasteiger partial charge on any atom is 0.297 e. The first-order chi connectivity index (χ1) is 34.6. The maximum atomic E-state index is 16.5. The third-order valence-corrected chi connectivity index (χ3v) is 14.7. The number of rotatable bonds is 10. The molecule has 0 saturated carbocycles. The average Bonchev–Trinajstić information content (AvgIpc) is 3.87. The zero-order chi connectivity index (χ0) is 51.6. The van der Waals surface area contributed by atoms with E-state index in [0.29, 0.717) is 106 Å². The van der Waals surface area contributed by atoms with E-state index in [2.05, 4.69) is 10.6 Å². The number of hydrogen-bond donors (Lipinski definition) is 2. The van der Waals surface area contributed by atoms with E-state index in [0.717, 1.165) is 23.5 Å². The number of amides is 2. The van der Waals surface area contributed by atoms with Crippen molar-refractivity contribution in [3.8, 4) is 34.3 Å². The van der Waals surface area contributed by atoms with Gasteiger partial charge < -0.3 is 20.1 Å². The summed E-state index contributed by atoms with van der Waals surface area (Å²) in [5.74, 6) is -1.63. The van der Waals surface area contributed by atoms with Gasteiger partial charge in [-0.2, -0.15) is 9.97 Å². The summed E-state index contributed by atoms with van der Waals surface area (Å²) in [6.45, 7) is 16.2. The van der Waals surface area contributed by atoms with Crippen molar-refractivity contribution in [2.75, 3.05) is 13.2 Å². The lowest BCUT2D eigenvalue weighted by atomic mass is 9.99. The van der Waals surface area contributed by atoms with Crippen LogP contribution in [-0.2, 0) is 48.6 Å². The van der Waals surface area contributed by atoms with Gasteiger partial charge in [0.1, 0.15) is 11.6 Å². The molecule has 2 N–H and O–H groups in total. The summed E-state index contributed by atoms with van der Waals surface area (Å²) in [6, 6.07) is 24.2. The van der Waals surface area contributed by atoms with Crippen LogP contribution in [0.25, 0.3) is 22.3 Å². The molecule has 0 fully saturated rings. The Bertz CT molecular complexity index is 2740. The highest BCUT2D eigenvalue weighted by Crippen LogP contribution is 2.35. The van der Waals surface area contributed by atoms with Crippen molar-refractivity contribution in [2.24, 2.45) is 11.8 Å². The zero-order valence-corrected chi connectivity index (χ0v) is 43.9. The predicted octanol–water partition coefficient (Wildman–Crippen LogP) is 11.2. The Kier molecular flexibility index (Phi) is 18.2. The first-order valence-electron chi connectivity index (χ1n) is 24.8. The van der Waals surface area contributed by atoms with Gasteiger partial charge in [0.25, 0.3) is 12.0 Å². The molecule has 4 bridgehead atoms. The number of nitrogens with zero attached hydrogens (tertiary/aromatic N) is 4. The van der Waals surface area contributed by atoms with Gasteiger partial charge in [-0.25, -0.2) is 8.78 Å². The number of halogens is 2. The number of hydrogen-bond acceptors (Lipinski definition) is 10. The van der Waals surface area contributed by atoms with E-state index in [1.54, 1.807) is 81.9 Å². The van der Waals surface area contributed by atoms with Crippen molar-refractivity contribution in [3.63, 3.8) is 0 Å². The molecule has 0 radical (unpaired) electrons. The first kappa shape index (κ1) is 53.5. The Morgan fingerprint density at radius 3 is 1.29 bits per heavy atom. The largest absolute Gasteiger partial charge is 0.465 e. The van der Waals surface area contributed by atoms with E-state index in [9.17, 15) is 19.2 Å². The predicted molar refractivity (Wildman–Crippen MR) is 281 cm³/mol. The number of carbonyl (C=O) groups is 4. The highest BCUT2D eigenvalue weighted by atomic mass is 32.2. The van der Waals surface area contributed by atoms with Gasteiger partial charge in [0.05, 0.1) is 72.7 Å². The summed E-state index contributed by atoms with van der Waals surface area (Å²) < 4.78 is 48.5. The fourth-order valence-electron chi connectivity index (χ4n) is 8.87. The fourth-order valence-corrected chi connectivity index (χ4v) is 11.3. The Morgan fingerprint density at radius 1 is 0.583 bits per heavy atom. The molecule has 380 valence electrons. The molecule has 6 aromatic rings. The Hall–Kier alpha value is -6.26. The molecule has 2 aromatic heterocycles. The van der Waals surface area contributed by atoms with Gasteiger partial charge in [-0.05, 0) is 97.9 Å². The second-order valence-corrected chi connectivity index (χ2v) is 20.9. The van der Waals surface area contributed by atoms with E-state index in [1.165, 1.54) is 12.1 Å². The maximum absolute atomic E-state index is 16.5. The molecule has 4 aliphatic heterocycles. The van der Waals surface area contributed by atoms with Gasteiger partial charge in [-0.15, -0.1) is 0 Å². The van der Waals surface area contributed by atoms with Gasteiger partial charge in [0.2, 0.25) is 22.0 Å². The molecule has 0 saturated heterocycles. The average molecular weight is 1020 g/mol. The minimum absolute atomic E-state index is 0.0244. The van der Waals surface area contributed by atoms with Crippen molar-refractivity contribution in [1.82, 2.24) is 29.7 Å². The van der Waals surface area contributed by atoms with Gasteiger partial charge in [0, 0.05) is 22.3 Å². The van der Waals surface area contributed by atoms with Gasteiger partial charge in [-0.3, -0.25) is 28.3 Å². The van der Waals surface area contributed by atoms with Crippen LogP contribution in [0.15, 0.2) is 84.9 Å². The van der Waals surface area contributed by atoms with Crippen molar-refractivity contribution < 1.29 is 37.4 Å². The number of thioether (sulfide) groups is 2. The van der Waals surface area contributed by atoms with Crippen LogP contribution in [0.3, 0.4) is 0 Å². The minimum atomic E-state index is -0.779. The Morgan fingerprint density at radius 2 is 0.958 bits per heavy atom. The Balaban J connectivity index is 1.32. The molecule has 2 atom stereocenters. The monoisotopic (exact) mass is 1020 g/mol. The van der Waals surface area contributed by atoms with E-state index in [-0.39, 0.29) is 72.1 Å². The van der Waals surface area contributed by atoms with Gasteiger partial charge in [-0.1, -0.05) is 126 Å². The topological polar surface area (TPSA) is 146 Å². The third-order valence-electron chi connectivity index (χ3n) is 12.5. The molecular formula is C56H64F2N6O6S2. The molecule has 6 heterocycles. The highest BCUT2D eigenvalue weighted by Gasteiger charge is 2.30. The van der Waals surface area contributed by atoms with Crippen LogP contribution in [-0.4, -0.2) is 64.9 Å². The smallest absolute Gasteiger partial charge is 0.297 e. The summed E-state index contributed by atoms with van der Waals surface area (Å²) in [7, 11) is 0. The lowest BCUT2D eigenvalue weighted by Crippen LogP contribution is -2.35. The van der Waals surface area contributed by atoms with Crippen molar-refractivity contribution in [3.05, 3.63) is 142 Å². The second kappa shape index (κ2) is 24.4. The molecule has 4 aromatic carbocycles. The van der Waals surface area contributed by atoms with E-state index < -0.39 is 22.1 Å².